The van der Waals surface area contributed by atoms with Gasteiger partial charge >= 0.3 is 5.97 Å². The van der Waals surface area contributed by atoms with E-state index in [1.807, 2.05) is 42.5 Å². The first-order chi connectivity index (χ1) is 19.8. The maximum absolute atomic E-state index is 13.8. The highest BCUT2D eigenvalue weighted by Gasteiger charge is 2.33. The van der Waals surface area contributed by atoms with E-state index in [-0.39, 0.29) is 12.2 Å². The molecule has 0 N–H and O–H groups in total. The Balaban J connectivity index is 1.51. The number of allylic oxidation sites excluding steroid dienone is 1. The van der Waals surface area contributed by atoms with Gasteiger partial charge in [0.1, 0.15) is 18.1 Å². The monoisotopic (exact) mass is 632 g/mol. The third-order valence-corrected chi connectivity index (χ3v) is 8.32. The van der Waals surface area contributed by atoms with Crippen LogP contribution in [0.25, 0.3) is 6.08 Å². The number of methoxy groups -OCH3 is 1. The van der Waals surface area contributed by atoms with Crippen LogP contribution in [-0.4, -0.2) is 24.3 Å². The number of esters is 1. The summed E-state index contributed by atoms with van der Waals surface area (Å²) in [5.41, 5.74) is 4.50. The minimum atomic E-state index is -0.702. The van der Waals surface area contributed by atoms with E-state index in [2.05, 4.69) is 52.1 Å². The van der Waals surface area contributed by atoms with E-state index in [0.717, 1.165) is 22.4 Å². The molecule has 9 heteroatoms. The van der Waals surface area contributed by atoms with E-state index in [4.69, 9.17) is 14.2 Å². The van der Waals surface area contributed by atoms with E-state index >= 15 is 0 Å². The molecule has 0 radical (unpaired) electrons. The summed E-state index contributed by atoms with van der Waals surface area (Å²) in [6.07, 6.45) is 1.83. The molecule has 1 atom stereocenters. The highest BCUT2D eigenvalue weighted by molar-refractivity contribution is 9.10. The van der Waals surface area contributed by atoms with Crippen LogP contribution in [-0.2, 0) is 16.1 Å². The van der Waals surface area contributed by atoms with Crippen molar-refractivity contribution in [3.05, 3.63) is 124 Å². The molecule has 2 heterocycles. The predicted octanol–water partition coefficient (Wildman–Crippen LogP) is 5.46. The van der Waals surface area contributed by atoms with Crippen LogP contribution in [0.2, 0.25) is 0 Å². The number of carbonyl (C=O) groups is 1. The normalized spacial score (nSPS) is 14.9. The van der Waals surface area contributed by atoms with Crippen molar-refractivity contribution in [1.29, 1.82) is 0 Å². The van der Waals surface area contributed by atoms with Crippen LogP contribution in [0.5, 0.6) is 11.5 Å². The topological polar surface area (TPSA) is 79.1 Å². The largest absolute Gasteiger partial charge is 0.496 e. The molecule has 1 aromatic heterocycles. The maximum Gasteiger partial charge on any atom is 0.338 e. The lowest BCUT2D eigenvalue weighted by Gasteiger charge is -2.25. The Bertz CT molecular complexity index is 1800. The Morgan fingerprint density at radius 2 is 1.80 bits per heavy atom. The van der Waals surface area contributed by atoms with Gasteiger partial charge in [-0.15, -0.1) is 0 Å². The smallest absolute Gasteiger partial charge is 0.338 e. The Morgan fingerprint density at radius 3 is 2.46 bits per heavy atom. The van der Waals surface area contributed by atoms with Crippen molar-refractivity contribution in [2.75, 3.05) is 13.7 Å². The number of fused-ring (bicyclic) bond motifs is 1. The van der Waals surface area contributed by atoms with Gasteiger partial charge in [-0.05, 0) is 83.7 Å². The molecule has 0 bridgehead atoms. The van der Waals surface area contributed by atoms with Crippen LogP contribution in [0.3, 0.4) is 0 Å². The molecule has 1 aliphatic rings. The Kier molecular flexibility index (Phi) is 8.56. The number of thiazole rings is 1. The van der Waals surface area contributed by atoms with Gasteiger partial charge in [-0.3, -0.25) is 9.36 Å². The van der Waals surface area contributed by atoms with Gasteiger partial charge in [-0.1, -0.05) is 59.4 Å². The summed E-state index contributed by atoms with van der Waals surface area (Å²) in [4.78, 5) is 32.1. The summed E-state index contributed by atoms with van der Waals surface area (Å²) >= 11 is 4.82. The highest BCUT2D eigenvalue weighted by Crippen LogP contribution is 2.35. The number of carbonyl (C=O) groups excluding carboxylic acids is 1. The summed E-state index contributed by atoms with van der Waals surface area (Å²) in [6.45, 7) is 6.26. The van der Waals surface area contributed by atoms with E-state index in [1.54, 1.807) is 31.6 Å². The molecule has 0 aliphatic carbocycles. The molecule has 210 valence electrons. The summed E-state index contributed by atoms with van der Waals surface area (Å²) < 4.78 is 19.5. The van der Waals surface area contributed by atoms with E-state index in [9.17, 15) is 9.59 Å². The fourth-order valence-corrected chi connectivity index (χ4v) is 6.23. The SMILES string of the molecule is CCOC(=O)C1=C(C)N=c2s/c(=C/c3ccc(OCc4ccc(C)cc4)cc3)c(=O)n2[C@H]1c1ccc(OC)c(Br)c1. The van der Waals surface area contributed by atoms with Gasteiger partial charge in [-0.2, -0.15) is 0 Å². The molecule has 41 heavy (non-hydrogen) atoms. The predicted molar refractivity (Wildman–Crippen MR) is 163 cm³/mol. The molecule has 0 amide bonds. The summed E-state index contributed by atoms with van der Waals surface area (Å²) in [5, 5.41) is 0. The fraction of sp³-hybridized carbons (Fsp3) is 0.219. The van der Waals surface area contributed by atoms with E-state index in [1.165, 1.54) is 16.9 Å². The second-order valence-corrected chi connectivity index (χ2v) is 11.4. The molecular weight excluding hydrogens is 604 g/mol. The minimum absolute atomic E-state index is 0.212. The lowest BCUT2D eigenvalue weighted by atomic mass is 9.96. The summed E-state index contributed by atoms with van der Waals surface area (Å²) in [6, 6.07) is 20.6. The highest BCUT2D eigenvalue weighted by atomic mass is 79.9. The van der Waals surface area contributed by atoms with Gasteiger partial charge in [0, 0.05) is 0 Å². The zero-order valence-electron chi connectivity index (χ0n) is 23.1. The average molecular weight is 634 g/mol. The van der Waals surface area contributed by atoms with Gasteiger partial charge in [0.25, 0.3) is 5.56 Å². The van der Waals surface area contributed by atoms with Crippen molar-refractivity contribution < 1.29 is 19.0 Å². The van der Waals surface area contributed by atoms with E-state index < -0.39 is 12.0 Å². The van der Waals surface area contributed by atoms with Crippen molar-refractivity contribution >= 4 is 39.3 Å². The summed E-state index contributed by atoms with van der Waals surface area (Å²) in [7, 11) is 1.58. The Morgan fingerprint density at radius 1 is 1.07 bits per heavy atom. The third-order valence-electron chi connectivity index (χ3n) is 6.71. The number of hydrogen-bond acceptors (Lipinski definition) is 7. The van der Waals surface area contributed by atoms with Crippen molar-refractivity contribution in [3.8, 4) is 11.5 Å². The maximum atomic E-state index is 13.8. The number of halogens is 1. The molecule has 0 spiro atoms. The first kappa shape index (κ1) is 28.6. The van der Waals surface area contributed by atoms with Crippen LogP contribution >= 0.6 is 27.3 Å². The number of hydrogen-bond donors (Lipinski definition) is 0. The second-order valence-electron chi connectivity index (χ2n) is 9.54. The van der Waals surface area contributed by atoms with Crippen molar-refractivity contribution in [3.63, 3.8) is 0 Å². The number of rotatable bonds is 8. The third kappa shape index (κ3) is 6.06. The lowest BCUT2D eigenvalue weighted by molar-refractivity contribution is -0.139. The van der Waals surface area contributed by atoms with Gasteiger partial charge in [0.05, 0.1) is 40.0 Å². The number of nitrogens with zero attached hydrogens (tertiary/aromatic N) is 2. The molecule has 4 aromatic rings. The van der Waals surface area contributed by atoms with Crippen LogP contribution in [0, 0.1) is 6.92 Å². The molecule has 3 aromatic carbocycles. The van der Waals surface area contributed by atoms with E-state index in [0.29, 0.717) is 37.4 Å². The zero-order chi connectivity index (χ0) is 29.1. The molecule has 0 saturated heterocycles. The molecule has 5 rings (SSSR count). The van der Waals surface area contributed by atoms with Crippen LogP contribution in [0.4, 0.5) is 0 Å². The van der Waals surface area contributed by atoms with Crippen LogP contribution in [0.15, 0.2) is 92.3 Å². The van der Waals surface area contributed by atoms with Crippen molar-refractivity contribution in [2.45, 2.75) is 33.4 Å². The Labute approximate surface area is 250 Å². The van der Waals surface area contributed by atoms with Crippen molar-refractivity contribution in [2.24, 2.45) is 4.99 Å². The number of benzene rings is 3. The molecule has 7 nitrogen and oxygen atoms in total. The molecular formula is C32H29BrN2O5S. The van der Waals surface area contributed by atoms with Crippen LogP contribution in [0.1, 0.15) is 42.1 Å². The molecule has 0 fully saturated rings. The standard InChI is InChI=1S/C32H29BrN2O5S/c1-5-39-31(37)28-20(3)34-32-35(29(28)23-12-15-26(38-4)25(33)17-23)30(36)27(41-32)16-21-10-13-24(14-11-21)40-18-22-8-6-19(2)7-9-22/h6-17,29H,5,18H2,1-4H3/b27-16+/t29-/m0/s1. The number of ether oxygens (including phenoxy) is 3. The molecule has 1 aliphatic heterocycles. The van der Waals surface area contributed by atoms with Gasteiger partial charge in [0.15, 0.2) is 4.80 Å². The average Bonchev–Trinajstić information content (AvgIpc) is 3.26. The van der Waals surface area contributed by atoms with Crippen molar-refractivity contribution in [1.82, 2.24) is 4.57 Å². The lowest BCUT2D eigenvalue weighted by Crippen LogP contribution is -2.39. The molecule has 0 saturated carbocycles. The number of aryl methyl sites for hydroxylation is 1. The quantitative estimate of drug-likeness (QED) is 0.241. The Hall–Kier alpha value is -3.95. The fourth-order valence-electron chi connectivity index (χ4n) is 4.62. The van der Waals surface area contributed by atoms with Crippen LogP contribution < -0.4 is 24.4 Å². The number of aromatic nitrogens is 1. The zero-order valence-corrected chi connectivity index (χ0v) is 25.5. The van der Waals surface area contributed by atoms with Gasteiger partial charge in [0.2, 0.25) is 0 Å². The second kappa shape index (κ2) is 12.3. The minimum Gasteiger partial charge on any atom is -0.496 e. The van der Waals surface area contributed by atoms with Gasteiger partial charge < -0.3 is 14.2 Å². The molecule has 0 unspecified atom stereocenters. The van der Waals surface area contributed by atoms with Gasteiger partial charge in [-0.25, -0.2) is 9.79 Å². The summed E-state index contributed by atoms with van der Waals surface area (Å²) in [5.74, 6) is 0.885. The first-order valence-electron chi connectivity index (χ1n) is 13.1. The first-order valence-corrected chi connectivity index (χ1v) is 14.7.